The van der Waals surface area contributed by atoms with Gasteiger partial charge in [-0.25, -0.2) is 4.79 Å². The Balaban J connectivity index is 2.80. The number of hydrogen-bond acceptors (Lipinski definition) is 3. The lowest BCUT2D eigenvalue weighted by Crippen LogP contribution is -2.51. The van der Waals surface area contributed by atoms with E-state index in [0.717, 1.165) is 5.56 Å². The first kappa shape index (κ1) is 15.8. The van der Waals surface area contributed by atoms with Gasteiger partial charge in [0.2, 0.25) is 5.91 Å². The molecular weight excluding hydrogens is 258 g/mol. The quantitative estimate of drug-likeness (QED) is 0.781. The molecule has 0 saturated heterocycles. The maximum absolute atomic E-state index is 11.8. The van der Waals surface area contributed by atoms with Gasteiger partial charge >= 0.3 is 5.97 Å². The van der Waals surface area contributed by atoms with E-state index in [-0.39, 0.29) is 0 Å². The predicted octanol–water partition coefficient (Wildman–Crippen LogP) is 2.08. The second kappa shape index (κ2) is 6.75. The van der Waals surface area contributed by atoms with Gasteiger partial charge in [-0.05, 0) is 25.5 Å². The number of carbonyl (C=O) groups is 2. The number of nitrogens with one attached hydrogen (secondary N) is 1. The number of rotatable bonds is 6. The van der Waals surface area contributed by atoms with Gasteiger partial charge in [-0.2, -0.15) is 0 Å². The van der Waals surface area contributed by atoms with Gasteiger partial charge in [-0.1, -0.05) is 25.1 Å². The molecule has 1 atom stereocenters. The number of carboxylic acid groups (broad SMARTS) is 1. The first-order valence-electron chi connectivity index (χ1n) is 6.29. The first-order chi connectivity index (χ1) is 9.42. The lowest BCUT2D eigenvalue weighted by atomic mass is 9.99. The van der Waals surface area contributed by atoms with Crippen molar-refractivity contribution in [3.63, 3.8) is 0 Å². The minimum absolute atomic E-state index is 0.302. The molecule has 0 fully saturated rings. The molecule has 0 bridgehead atoms. The Labute approximate surface area is 118 Å². The van der Waals surface area contributed by atoms with Crippen LogP contribution in [-0.4, -0.2) is 29.6 Å². The molecule has 0 radical (unpaired) electrons. The van der Waals surface area contributed by atoms with Crippen LogP contribution >= 0.6 is 0 Å². The van der Waals surface area contributed by atoms with Crippen LogP contribution in [0.5, 0.6) is 5.75 Å². The van der Waals surface area contributed by atoms with Crippen molar-refractivity contribution in [1.82, 2.24) is 5.32 Å². The smallest absolute Gasteiger partial charge is 0.329 e. The fourth-order valence-corrected chi connectivity index (χ4v) is 1.58. The van der Waals surface area contributed by atoms with Gasteiger partial charge < -0.3 is 15.2 Å². The Bertz CT molecular complexity index is 524. The number of para-hydroxylation sites is 1. The average Bonchev–Trinajstić information content (AvgIpc) is 2.45. The SMILES string of the molecule is CCC(C)(NC(=O)C=Cc1ccccc1OC)C(=O)O. The Morgan fingerprint density at radius 2 is 2.05 bits per heavy atom. The lowest BCUT2D eigenvalue weighted by Gasteiger charge is -2.23. The molecule has 108 valence electrons. The molecule has 1 unspecified atom stereocenters. The Morgan fingerprint density at radius 3 is 2.60 bits per heavy atom. The second-order valence-corrected chi connectivity index (χ2v) is 4.56. The third-order valence-corrected chi connectivity index (χ3v) is 3.13. The summed E-state index contributed by atoms with van der Waals surface area (Å²) in [6, 6.07) is 7.24. The minimum Gasteiger partial charge on any atom is -0.496 e. The number of ether oxygens (including phenoxy) is 1. The average molecular weight is 277 g/mol. The van der Waals surface area contributed by atoms with Crippen molar-refractivity contribution in [3.8, 4) is 5.75 Å². The van der Waals surface area contributed by atoms with Crippen LogP contribution in [0.1, 0.15) is 25.8 Å². The van der Waals surface area contributed by atoms with E-state index < -0.39 is 17.4 Å². The van der Waals surface area contributed by atoms with Gasteiger partial charge in [0.25, 0.3) is 0 Å². The summed E-state index contributed by atoms with van der Waals surface area (Å²) in [6.07, 6.45) is 3.19. The largest absolute Gasteiger partial charge is 0.496 e. The summed E-state index contributed by atoms with van der Waals surface area (Å²) in [5.74, 6) is -0.866. The molecule has 0 heterocycles. The summed E-state index contributed by atoms with van der Waals surface area (Å²) in [7, 11) is 1.55. The maximum atomic E-state index is 11.8. The number of carboxylic acids is 1. The maximum Gasteiger partial charge on any atom is 0.329 e. The van der Waals surface area contributed by atoms with Gasteiger partial charge in [-0.3, -0.25) is 4.79 Å². The van der Waals surface area contributed by atoms with Gasteiger partial charge in [-0.15, -0.1) is 0 Å². The third kappa shape index (κ3) is 3.85. The highest BCUT2D eigenvalue weighted by Crippen LogP contribution is 2.18. The van der Waals surface area contributed by atoms with E-state index in [1.807, 2.05) is 12.1 Å². The van der Waals surface area contributed by atoms with Crippen LogP contribution in [0.15, 0.2) is 30.3 Å². The van der Waals surface area contributed by atoms with E-state index in [4.69, 9.17) is 9.84 Å². The van der Waals surface area contributed by atoms with Gasteiger partial charge in [0.15, 0.2) is 0 Å². The molecule has 0 aliphatic heterocycles. The van der Waals surface area contributed by atoms with Crippen LogP contribution in [0.4, 0.5) is 0 Å². The first-order valence-corrected chi connectivity index (χ1v) is 6.29. The molecule has 2 N–H and O–H groups in total. The Hall–Kier alpha value is -2.30. The molecule has 0 aliphatic rings. The van der Waals surface area contributed by atoms with Crippen LogP contribution in [-0.2, 0) is 9.59 Å². The number of aliphatic carboxylic acids is 1. The number of methoxy groups -OCH3 is 1. The zero-order valence-electron chi connectivity index (χ0n) is 11.8. The normalized spacial score (nSPS) is 13.8. The standard InChI is InChI=1S/C15H19NO4/c1-4-15(2,14(18)19)16-13(17)10-9-11-7-5-6-8-12(11)20-3/h5-10H,4H2,1-3H3,(H,16,17)(H,18,19). The highest BCUT2D eigenvalue weighted by Gasteiger charge is 2.31. The van der Waals surface area contributed by atoms with Gasteiger partial charge in [0.1, 0.15) is 11.3 Å². The lowest BCUT2D eigenvalue weighted by molar-refractivity contribution is -0.146. The molecule has 0 saturated carbocycles. The topological polar surface area (TPSA) is 75.6 Å². The molecular formula is C15H19NO4. The fraction of sp³-hybridized carbons (Fsp3) is 0.333. The molecule has 5 nitrogen and oxygen atoms in total. The zero-order valence-corrected chi connectivity index (χ0v) is 11.8. The fourth-order valence-electron chi connectivity index (χ4n) is 1.58. The van der Waals surface area contributed by atoms with Crippen LogP contribution in [0.3, 0.4) is 0 Å². The highest BCUT2D eigenvalue weighted by molar-refractivity contribution is 5.95. The summed E-state index contributed by atoms with van der Waals surface area (Å²) in [5.41, 5.74) is -0.513. The number of hydrogen-bond donors (Lipinski definition) is 2. The molecule has 0 aromatic heterocycles. The minimum atomic E-state index is -1.26. The molecule has 1 aromatic rings. The summed E-state index contributed by atoms with van der Waals surface area (Å²) >= 11 is 0. The zero-order chi connectivity index (χ0) is 15.2. The second-order valence-electron chi connectivity index (χ2n) is 4.56. The van der Waals surface area contributed by atoms with Gasteiger partial charge in [0.05, 0.1) is 7.11 Å². The van der Waals surface area contributed by atoms with E-state index in [0.29, 0.717) is 12.2 Å². The molecule has 1 aromatic carbocycles. The molecule has 0 spiro atoms. The van der Waals surface area contributed by atoms with Crippen molar-refractivity contribution in [2.75, 3.05) is 7.11 Å². The molecule has 1 amide bonds. The summed E-state index contributed by atoms with van der Waals surface area (Å²) in [5, 5.41) is 11.6. The van der Waals surface area contributed by atoms with Crippen molar-refractivity contribution in [3.05, 3.63) is 35.9 Å². The van der Waals surface area contributed by atoms with Crippen molar-refractivity contribution >= 4 is 18.0 Å². The van der Waals surface area contributed by atoms with Crippen molar-refractivity contribution < 1.29 is 19.4 Å². The summed E-state index contributed by atoms with van der Waals surface area (Å²) < 4.78 is 5.16. The molecule has 0 aliphatic carbocycles. The van der Waals surface area contributed by atoms with Crippen LogP contribution < -0.4 is 10.1 Å². The van der Waals surface area contributed by atoms with E-state index >= 15 is 0 Å². The Morgan fingerprint density at radius 1 is 1.40 bits per heavy atom. The highest BCUT2D eigenvalue weighted by atomic mass is 16.5. The number of amides is 1. The van der Waals surface area contributed by atoms with Crippen molar-refractivity contribution in [2.45, 2.75) is 25.8 Å². The van der Waals surface area contributed by atoms with Crippen molar-refractivity contribution in [2.24, 2.45) is 0 Å². The van der Waals surface area contributed by atoms with Crippen molar-refractivity contribution in [1.29, 1.82) is 0 Å². The number of benzene rings is 1. The monoisotopic (exact) mass is 277 g/mol. The molecule has 1 rings (SSSR count). The van der Waals surface area contributed by atoms with Crippen LogP contribution in [0, 0.1) is 0 Å². The Kier molecular flexibility index (Phi) is 5.32. The molecule has 20 heavy (non-hydrogen) atoms. The van der Waals surface area contributed by atoms with Gasteiger partial charge in [0, 0.05) is 11.6 Å². The summed E-state index contributed by atoms with van der Waals surface area (Å²) in [6.45, 7) is 3.18. The van der Waals surface area contributed by atoms with E-state index in [2.05, 4.69) is 5.32 Å². The molecule has 5 heteroatoms. The number of carbonyl (C=O) groups excluding carboxylic acids is 1. The summed E-state index contributed by atoms with van der Waals surface area (Å²) in [4.78, 5) is 22.9. The van der Waals surface area contributed by atoms with E-state index in [9.17, 15) is 9.59 Å². The van der Waals surface area contributed by atoms with E-state index in [1.54, 1.807) is 32.2 Å². The third-order valence-electron chi connectivity index (χ3n) is 3.13. The van der Waals surface area contributed by atoms with Crippen LogP contribution in [0.25, 0.3) is 6.08 Å². The van der Waals surface area contributed by atoms with Crippen LogP contribution in [0.2, 0.25) is 0 Å². The van der Waals surface area contributed by atoms with E-state index in [1.165, 1.54) is 13.0 Å². The predicted molar refractivity (Wildman–Crippen MR) is 76.5 cm³/mol.